The summed E-state index contributed by atoms with van der Waals surface area (Å²) < 4.78 is 11.2. The fraction of sp³-hybridized carbons (Fsp3) is 0.632. The Labute approximate surface area is 155 Å². The second-order valence-electron chi connectivity index (χ2n) is 7.26. The molecule has 0 saturated carbocycles. The molecule has 0 atom stereocenters. The van der Waals surface area contributed by atoms with E-state index in [-0.39, 0.29) is 12.2 Å². The predicted octanol–water partition coefficient (Wildman–Crippen LogP) is 3.24. The molecule has 0 radical (unpaired) electrons. The molecule has 0 unspecified atom stereocenters. The van der Waals surface area contributed by atoms with Gasteiger partial charge in [-0.1, -0.05) is 11.2 Å². The van der Waals surface area contributed by atoms with Crippen LogP contribution in [0.3, 0.4) is 0 Å². The maximum Gasteiger partial charge on any atom is 0.410 e. The van der Waals surface area contributed by atoms with Crippen molar-refractivity contribution in [3.05, 3.63) is 30.1 Å². The standard InChI is InChI=1S/C19H29N3O4/c1-15(17-7-5-6-10-20-17)21-25-14-13-24-16-8-11-22(12-9-16)18(23)26-19(2,3)4/h5-7,10,16H,8-9,11-14H2,1-4H3/b21-15-. The van der Waals surface area contributed by atoms with E-state index >= 15 is 0 Å². The highest BCUT2D eigenvalue weighted by atomic mass is 16.6. The lowest BCUT2D eigenvalue weighted by atomic mass is 10.1. The summed E-state index contributed by atoms with van der Waals surface area (Å²) in [5.74, 6) is 0. The number of carbonyl (C=O) groups is 1. The van der Waals surface area contributed by atoms with Gasteiger partial charge in [-0.15, -0.1) is 0 Å². The first kappa shape index (κ1) is 20.2. The van der Waals surface area contributed by atoms with E-state index in [2.05, 4.69) is 10.1 Å². The summed E-state index contributed by atoms with van der Waals surface area (Å²) in [7, 11) is 0. The molecule has 26 heavy (non-hydrogen) atoms. The van der Waals surface area contributed by atoms with Crippen LogP contribution >= 0.6 is 0 Å². The van der Waals surface area contributed by atoms with Gasteiger partial charge in [-0.3, -0.25) is 4.98 Å². The van der Waals surface area contributed by atoms with E-state index in [9.17, 15) is 4.79 Å². The molecular formula is C19H29N3O4. The summed E-state index contributed by atoms with van der Waals surface area (Å²) in [6, 6.07) is 5.66. The molecule has 0 aliphatic carbocycles. The number of carbonyl (C=O) groups excluding carboxylic acids is 1. The smallest absolute Gasteiger partial charge is 0.410 e. The third-order valence-electron chi connectivity index (χ3n) is 3.86. The van der Waals surface area contributed by atoms with Crippen molar-refractivity contribution in [2.45, 2.75) is 52.2 Å². The molecule has 144 valence electrons. The minimum Gasteiger partial charge on any atom is -0.444 e. The third kappa shape index (κ3) is 7.00. The second-order valence-corrected chi connectivity index (χ2v) is 7.26. The summed E-state index contributed by atoms with van der Waals surface area (Å²) in [5.41, 5.74) is 1.06. The maximum atomic E-state index is 12.0. The van der Waals surface area contributed by atoms with Gasteiger partial charge in [-0.2, -0.15) is 0 Å². The Hall–Kier alpha value is -2.15. The van der Waals surface area contributed by atoms with Crippen molar-refractivity contribution in [3.63, 3.8) is 0 Å². The number of piperidine rings is 1. The molecule has 0 N–H and O–H groups in total. The Morgan fingerprint density at radius 2 is 2.00 bits per heavy atom. The van der Waals surface area contributed by atoms with Crippen molar-refractivity contribution in [3.8, 4) is 0 Å². The van der Waals surface area contributed by atoms with Gasteiger partial charge in [0.25, 0.3) is 0 Å². The van der Waals surface area contributed by atoms with Crippen LogP contribution in [-0.4, -0.2) is 59.7 Å². The third-order valence-corrected chi connectivity index (χ3v) is 3.86. The van der Waals surface area contributed by atoms with Gasteiger partial charge in [-0.05, 0) is 52.7 Å². The number of rotatable bonds is 6. The van der Waals surface area contributed by atoms with Crippen LogP contribution < -0.4 is 0 Å². The molecule has 1 amide bonds. The average Bonchev–Trinajstić information content (AvgIpc) is 2.61. The van der Waals surface area contributed by atoms with Crippen LogP contribution in [0.15, 0.2) is 29.6 Å². The monoisotopic (exact) mass is 363 g/mol. The van der Waals surface area contributed by atoms with Crippen LogP contribution in [-0.2, 0) is 14.3 Å². The molecule has 0 spiro atoms. The van der Waals surface area contributed by atoms with Gasteiger partial charge in [0, 0.05) is 19.3 Å². The fourth-order valence-corrected chi connectivity index (χ4v) is 2.55. The molecule has 1 saturated heterocycles. The molecule has 1 aromatic rings. The molecule has 7 heteroatoms. The number of aromatic nitrogens is 1. The van der Waals surface area contributed by atoms with Crippen LogP contribution in [0.25, 0.3) is 0 Å². The molecule has 1 aliphatic heterocycles. The van der Waals surface area contributed by atoms with Gasteiger partial charge in [0.05, 0.1) is 18.4 Å². The minimum absolute atomic E-state index is 0.137. The van der Waals surface area contributed by atoms with Gasteiger partial charge >= 0.3 is 6.09 Å². The highest BCUT2D eigenvalue weighted by Gasteiger charge is 2.27. The summed E-state index contributed by atoms with van der Waals surface area (Å²) in [5, 5.41) is 4.05. The topological polar surface area (TPSA) is 73.2 Å². The van der Waals surface area contributed by atoms with Crippen LogP contribution in [0.2, 0.25) is 0 Å². The Morgan fingerprint density at radius 3 is 2.62 bits per heavy atom. The van der Waals surface area contributed by atoms with Gasteiger partial charge in [0.15, 0.2) is 0 Å². The van der Waals surface area contributed by atoms with E-state index in [1.807, 2.05) is 45.9 Å². The van der Waals surface area contributed by atoms with E-state index in [4.69, 9.17) is 14.3 Å². The van der Waals surface area contributed by atoms with Crippen LogP contribution in [0.1, 0.15) is 46.2 Å². The highest BCUT2D eigenvalue weighted by Crippen LogP contribution is 2.17. The van der Waals surface area contributed by atoms with Crippen LogP contribution in [0, 0.1) is 0 Å². The van der Waals surface area contributed by atoms with Gasteiger partial charge in [0.1, 0.15) is 17.9 Å². The molecule has 0 bridgehead atoms. The second kappa shape index (κ2) is 9.52. The zero-order valence-electron chi connectivity index (χ0n) is 16.1. The molecule has 7 nitrogen and oxygen atoms in total. The van der Waals surface area contributed by atoms with Crippen molar-refractivity contribution in [1.29, 1.82) is 0 Å². The van der Waals surface area contributed by atoms with Gasteiger partial charge < -0.3 is 19.2 Å². The number of ether oxygens (including phenoxy) is 2. The molecule has 2 rings (SSSR count). The lowest BCUT2D eigenvalue weighted by Gasteiger charge is -2.33. The van der Waals surface area contributed by atoms with Crippen molar-refractivity contribution >= 4 is 11.8 Å². The van der Waals surface area contributed by atoms with Gasteiger partial charge in [-0.25, -0.2) is 4.79 Å². The van der Waals surface area contributed by atoms with Gasteiger partial charge in [0.2, 0.25) is 0 Å². The molecule has 1 aromatic heterocycles. The average molecular weight is 363 g/mol. The molecular weight excluding hydrogens is 334 g/mol. The number of hydrogen-bond donors (Lipinski definition) is 0. The Bertz CT molecular complexity index is 591. The first-order valence-corrected chi connectivity index (χ1v) is 9.02. The van der Waals surface area contributed by atoms with Crippen LogP contribution in [0.4, 0.5) is 4.79 Å². The van der Waals surface area contributed by atoms with Crippen molar-refractivity contribution in [1.82, 2.24) is 9.88 Å². The zero-order chi connectivity index (χ0) is 19.0. The Kier molecular flexibility index (Phi) is 7.38. The van der Waals surface area contributed by atoms with Crippen LogP contribution in [0.5, 0.6) is 0 Å². The number of amides is 1. The number of likely N-dealkylation sites (tertiary alicyclic amines) is 1. The summed E-state index contributed by atoms with van der Waals surface area (Å²) >= 11 is 0. The Balaban J connectivity index is 1.61. The SMILES string of the molecule is C/C(=N/OCCOC1CCN(C(=O)OC(C)(C)C)CC1)c1ccccn1. The molecule has 0 aromatic carbocycles. The molecule has 1 aliphatic rings. The van der Waals surface area contributed by atoms with Crippen molar-refractivity contribution in [2.75, 3.05) is 26.3 Å². The fourth-order valence-electron chi connectivity index (χ4n) is 2.55. The largest absolute Gasteiger partial charge is 0.444 e. The lowest BCUT2D eigenvalue weighted by molar-refractivity contribution is -0.0287. The number of pyridine rings is 1. The summed E-state index contributed by atoms with van der Waals surface area (Å²) in [6.45, 7) is 9.63. The van der Waals surface area contributed by atoms with E-state index in [1.165, 1.54) is 0 Å². The minimum atomic E-state index is -0.463. The first-order valence-electron chi connectivity index (χ1n) is 9.02. The van der Waals surface area contributed by atoms with E-state index < -0.39 is 5.60 Å². The quantitative estimate of drug-likeness (QED) is 0.441. The molecule has 2 heterocycles. The summed E-state index contributed by atoms with van der Waals surface area (Å²) in [4.78, 5) is 23.3. The first-order chi connectivity index (χ1) is 12.3. The summed E-state index contributed by atoms with van der Waals surface area (Å²) in [6.07, 6.45) is 3.21. The normalized spacial score (nSPS) is 16.5. The highest BCUT2D eigenvalue weighted by molar-refractivity contribution is 5.96. The molecule has 1 fully saturated rings. The maximum absolute atomic E-state index is 12.0. The lowest BCUT2D eigenvalue weighted by Crippen LogP contribution is -2.43. The zero-order valence-corrected chi connectivity index (χ0v) is 16.1. The van der Waals surface area contributed by atoms with Crippen molar-refractivity contribution < 1.29 is 19.1 Å². The van der Waals surface area contributed by atoms with E-state index in [0.717, 1.165) is 24.2 Å². The van der Waals surface area contributed by atoms with E-state index in [0.29, 0.717) is 26.3 Å². The number of oxime groups is 1. The van der Waals surface area contributed by atoms with Crippen molar-refractivity contribution in [2.24, 2.45) is 5.16 Å². The number of nitrogens with zero attached hydrogens (tertiary/aromatic N) is 3. The van der Waals surface area contributed by atoms with E-state index in [1.54, 1.807) is 11.1 Å². The predicted molar refractivity (Wildman–Crippen MR) is 99.2 cm³/mol. The number of hydrogen-bond acceptors (Lipinski definition) is 6. The Morgan fingerprint density at radius 1 is 1.27 bits per heavy atom.